The highest BCUT2D eigenvalue weighted by Gasteiger charge is 2.01. The molecule has 1 amide bonds. The molecule has 0 aromatic rings. The third-order valence-corrected chi connectivity index (χ3v) is 2.52. The largest absolute Gasteiger partial charge is 0.359 e. The number of carbonyl (C=O) groups is 1. The molecule has 1 atom stereocenters. The lowest BCUT2D eigenvalue weighted by Crippen LogP contribution is -2.31. The van der Waals surface area contributed by atoms with Crippen molar-refractivity contribution in [2.24, 2.45) is 0 Å². The maximum absolute atomic E-state index is 10.9. The van der Waals surface area contributed by atoms with Crippen molar-refractivity contribution in [3.05, 3.63) is 0 Å². The molecule has 0 aliphatic carbocycles. The Morgan fingerprint density at radius 3 is 2.77 bits per heavy atom. The SMILES string of the molecule is CNC(=O)CCNC(C)CCSC. The van der Waals surface area contributed by atoms with Crippen LogP contribution in [0.4, 0.5) is 0 Å². The normalized spacial score (nSPS) is 12.5. The van der Waals surface area contributed by atoms with Crippen molar-refractivity contribution in [2.75, 3.05) is 25.6 Å². The van der Waals surface area contributed by atoms with Crippen LogP contribution >= 0.6 is 11.8 Å². The van der Waals surface area contributed by atoms with Crippen LogP contribution in [0, 0.1) is 0 Å². The number of carbonyl (C=O) groups excluding carboxylic acids is 1. The van der Waals surface area contributed by atoms with E-state index in [2.05, 4.69) is 23.8 Å². The Labute approximate surface area is 85.0 Å². The maximum atomic E-state index is 10.9. The van der Waals surface area contributed by atoms with Gasteiger partial charge in [0.2, 0.25) is 5.91 Å². The Morgan fingerprint density at radius 2 is 2.23 bits per heavy atom. The van der Waals surface area contributed by atoms with Gasteiger partial charge in [-0.1, -0.05) is 0 Å². The molecule has 0 saturated heterocycles. The summed E-state index contributed by atoms with van der Waals surface area (Å²) in [5.41, 5.74) is 0. The molecular weight excluding hydrogens is 184 g/mol. The Kier molecular flexibility index (Phi) is 8.24. The summed E-state index contributed by atoms with van der Waals surface area (Å²) in [5, 5.41) is 5.91. The fourth-order valence-corrected chi connectivity index (χ4v) is 1.54. The molecule has 78 valence electrons. The predicted octanol–water partition coefficient (Wildman–Crippen LogP) is 0.854. The zero-order valence-corrected chi connectivity index (χ0v) is 9.54. The fraction of sp³-hybridized carbons (Fsp3) is 0.889. The molecule has 0 spiro atoms. The van der Waals surface area contributed by atoms with Gasteiger partial charge in [-0.2, -0.15) is 11.8 Å². The van der Waals surface area contributed by atoms with E-state index in [1.54, 1.807) is 7.05 Å². The van der Waals surface area contributed by atoms with Gasteiger partial charge in [0.05, 0.1) is 0 Å². The van der Waals surface area contributed by atoms with Crippen LogP contribution in [-0.2, 0) is 4.79 Å². The van der Waals surface area contributed by atoms with Crippen molar-refractivity contribution in [3.8, 4) is 0 Å². The van der Waals surface area contributed by atoms with Crippen molar-refractivity contribution in [2.45, 2.75) is 25.8 Å². The summed E-state index contributed by atoms with van der Waals surface area (Å²) in [6.45, 7) is 2.93. The van der Waals surface area contributed by atoms with Gasteiger partial charge in [0, 0.05) is 26.1 Å². The topological polar surface area (TPSA) is 41.1 Å². The summed E-state index contributed by atoms with van der Waals surface area (Å²) in [6, 6.07) is 0.511. The van der Waals surface area contributed by atoms with E-state index in [0.717, 1.165) is 13.0 Å². The molecular formula is C9H20N2OS. The van der Waals surface area contributed by atoms with Crippen LogP contribution in [0.5, 0.6) is 0 Å². The van der Waals surface area contributed by atoms with Crippen molar-refractivity contribution in [3.63, 3.8) is 0 Å². The van der Waals surface area contributed by atoms with Crippen molar-refractivity contribution in [1.82, 2.24) is 10.6 Å². The van der Waals surface area contributed by atoms with Crippen LogP contribution in [0.3, 0.4) is 0 Å². The minimum Gasteiger partial charge on any atom is -0.359 e. The van der Waals surface area contributed by atoms with Gasteiger partial charge in [-0.25, -0.2) is 0 Å². The standard InChI is InChI=1S/C9H20N2OS/c1-8(5-7-13-3)11-6-4-9(12)10-2/h8,11H,4-7H2,1-3H3,(H,10,12). The van der Waals surface area contributed by atoms with E-state index in [-0.39, 0.29) is 5.91 Å². The summed E-state index contributed by atoms with van der Waals surface area (Å²) in [7, 11) is 1.67. The monoisotopic (exact) mass is 204 g/mol. The van der Waals surface area contributed by atoms with Crippen molar-refractivity contribution < 1.29 is 4.79 Å². The fourth-order valence-electron chi connectivity index (χ4n) is 0.954. The number of thioether (sulfide) groups is 1. The second-order valence-corrected chi connectivity index (χ2v) is 4.05. The molecule has 1 unspecified atom stereocenters. The van der Waals surface area contributed by atoms with Gasteiger partial charge < -0.3 is 10.6 Å². The molecule has 0 bridgehead atoms. The van der Waals surface area contributed by atoms with Crippen LogP contribution in [0.15, 0.2) is 0 Å². The summed E-state index contributed by atoms with van der Waals surface area (Å²) in [4.78, 5) is 10.9. The minimum absolute atomic E-state index is 0.101. The highest BCUT2D eigenvalue weighted by molar-refractivity contribution is 7.98. The van der Waals surface area contributed by atoms with Crippen LogP contribution < -0.4 is 10.6 Å². The molecule has 0 aliphatic rings. The van der Waals surface area contributed by atoms with Gasteiger partial charge in [0.15, 0.2) is 0 Å². The molecule has 2 N–H and O–H groups in total. The van der Waals surface area contributed by atoms with Gasteiger partial charge in [-0.3, -0.25) is 4.79 Å². The molecule has 0 heterocycles. The third-order valence-electron chi connectivity index (χ3n) is 1.88. The second kappa shape index (κ2) is 8.38. The molecule has 3 nitrogen and oxygen atoms in total. The summed E-state index contributed by atoms with van der Waals surface area (Å²) < 4.78 is 0. The average Bonchev–Trinajstić information content (AvgIpc) is 2.14. The first-order chi connectivity index (χ1) is 6.20. The van der Waals surface area contributed by atoms with E-state index in [1.807, 2.05) is 11.8 Å². The molecule has 0 aromatic heterocycles. The molecule has 0 fully saturated rings. The summed E-state index contributed by atoms with van der Waals surface area (Å²) >= 11 is 1.85. The van der Waals surface area contributed by atoms with E-state index >= 15 is 0 Å². The Morgan fingerprint density at radius 1 is 1.54 bits per heavy atom. The number of amides is 1. The number of hydrogen-bond acceptors (Lipinski definition) is 3. The highest BCUT2D eigenvalue weighted by Crippen LogP contribution is 1.99. The summed E-state index contributed by atoms with van der Waals surface area (Å²) in [6.07, 6.45) is 3.84. The summed E-state index contributed by atoms with van der Waals surface area (Å²) in [5.74, 6) is 1.28. The average molecular weight is 204 g/mol. The van der Waals surface area contributed by atoms with E-state index in [4.69, 9.17) is 0 Å². The lowest BCUT2D eigenvalue weighted by atomic mass is 10.2. The quantitative estimate of drug-likeness (QED) is 0.646. The van der Waals surface area contributed by atoms with Crippen LogP contribution in [0.2, 0.25) is 0 Å². The number of hydrogen-bond donors (Lipinski definition) is 2. The van der Waals surface area contributed by atoms with E-state index in [1.165, 1.54) is 5.75 Å². The number of nitrogens with one attached hydrogen (secondary N) is 2. The third kappa shape index (κ3) is 8.12. The molecule has 0 aromatic carbocycles. The first kappa shape index (κ1) is 12.8. The van der Waals surface area contributed by atoms with Crippen molar-refractivity contribution in [1.29, 1.82) is 0 Å². The van der Waals surface area contributed by atoms with Crippen LogP contribution in [-0.4, -0.2) is 37.6 Å². The van der Waals surface area contributed by atoms with E-state index in [9.17, 15) is 4.79 Å². The lowest BCUT2D eigenvalue weighted by molar-refractivity contribution is -0.120. The molecule has 4 heteroatoms. The van der Waals surface area contributed by atoms with Crippen LogP contribution in [0.1, 0.15) is 19.8 Å². The Bertz CT molecular complexity index is 142. The van der Waals surface area contributed by atoms with Gasteiger partial charge in [-0.15, -0.1) is 0 Å². The van der Waals surface area contributed by atoms with E-state index < -0.39 is 0 Å². The zero-order chi connectivity index (χ0) is 10.1. The smallest absolute Gasteiger partial charge is 0.221 e. The van der Waals surface area contributed by atoms with Crippen LogP contribution in [0.25, 0.3) is 0 Å². The van der Waals surface area contributed by atoms with Crippen molar-refractivity contribution >= 4 is 17.7 Å². The van der Waals surface area contributed by atoms with Gasteiger partial charge in [0.25, 0.3) is 0 Å². The van der Waals surface area contributed by atoms with Gasteiger partial charge in [-0.05, 0) is 25.4 Å². The zero-order valence-electron chi connectivity index (χ0n) is 8.72. The Hall–Kier alpha value is -0.220. The first-order valence-corrected chi connectivity index (χ1v) is 6.03. The maximum Gasteiger partial charge on any atom is 0.221 e. The second-order valence-electron chi connectivity index (χ2n) is 3.06. The Balaban J connectivity index is 3.26. The lowest BCUT2D eigenvalue weighted by Gasteiger charge is -2.12. The van der Waals surface area contributed by atoms with Gasteiger partial charge in [0.1, 0.15) is 0 Å². The molecule has 0 aliphatic heterocycles. The highest BCUT2D eigenvalue weighted by atomic mass is 32.2. The predicted molar refractivity (Wildman–Crippen MR) is 59.1 cm³/mol. The number of rotatable bonds is 7. The molecule has 0 saturated carbocycles. The first-order valence-electron chi connectivity index (χ1n) is 4.63. The minimum atomic E-state index is 0.101. The van der Waals surface area contributed by atoms with E-state index in [0.29, 0.717) is 12.5 Å². The molecule has 0 rings (SSSR count). The molecule has 13 heavy (non-hydrogen) atoms. The van der Waals surface area contributed by atoms with Gasteiger partial charge >= 0.3 is 0 Å². The molecule has 0 radical (unpaired) electrons.